The van der Waals surface area contributed by atoms with Crippen LogP contribution in [-0.2, 0) is 4.79 Å². The molecule has 3 N–H and O–H groups in total. The number of thioether (sulfide) groups is 1. The smallest absolute Gasteiger partial charge is 0.236 e. The lowest BCUT2D eigenvalue weighted by Crippen LogP contribution is -2.16. The zero-order valence-electron chi connectivity index (χ0n) is 15.4. The molecule has 0 aliphatic heterocycles. The fourth-order valence-corrected chi connectivity index (χ4v) is 3.91. The van der Waals surface area contributed by atoms with Crippen molar-refractivity contribution in [2.45, 2.75) is 12.1 Å². The Labute approximate surface area is 175 Å². The van der Waals surface area contributed by atoms with Crippen LogP contribution >= 0.6 is 23.1 Å². The number of nitrogens with two attached hydrogens (primary N) is 1. The summed E-state index contributed by atoms with van der Waals surface area (Å²) >= 11 is 2.58. The van der Waals surface area contributed by atoms with Crippen molar-refractivity contribution in [2.75, 3.05) is 16.9 Å². The number of hydrogen-bond acceptors (Lipinski definition) is 8. The molecule has 3 aromatic heterocycles. The topological polar surface area (TPSA) is 112 Å². The van der Waals surface area contributed by atoms with Gasteiger partial charge in [-0.05, 0) is 19.1 Å². The average Bonchev–Trinajstić information content (AvgIpc) is 3.34. The number of benzene rings is 1. The second-order valence-electron chi connectivity index (χ2n) is 6.13. The van der Waals surface area contributed by atoms with E-state index < -0.39 is 0 Å². The number of pyridine rings is 1. The van der Waals surface area contributed by atoms with E-state index in [2.05, 4.69) is 25.5 Å². The summed E-state index contributed by atoms with van der Waals surface area (Å²) in [7, 11) is 0. The van der Waals surface area contributed by atoms with Crippen molar-refractivity contribution in [3.8, 4) is 22.8 Å². The first-order valence-corrected chi connectivity index (χ1v) is 10.5. The van der Waals surface area contributed by atoms with Crippen molar-refractivity contribution in [1.29, 1.82) is 0 Å². The highest BCUT2D eigenvalue weighted by atomic mass is 32.2. The number of aromatic nitrogens is 5. The molecule has 0 spiro atoms. The summed E-state index contributed by atoms with van der Waals surface area (Å²) < 4.78 is 1.33. The average molecular weight is 424 g/mol. The molecule has 1 aromatic carbocycles. The Balaban J connectivity index is 1.36. The van der Waals surface area contributed by atoms with Crippen molar-refractivity contribution in [2.24, 2.45) is 0 Å². The van der Waals surface area contributed by atoms with Gasteiger partial charge in [0, 0.05) is 17.1 Å². The third kappa shape index (κ3) is 4.44. The van der Waals surface area contributed by atoms with Crippen LogP contribution in [0.3, 0.4) is 0 Å². The van der Waals surface area contributed by atoms with E-state index in [-0.39, 0.29) is 11.7 Å². The highest BCUT2D eigenvalue weighted by Gasteiger charge is 2.15. The molecule has 1 amide bonds. The predicted octanol–water partition coefficient (Wildman–Crippen LogP) is 3.22. The monoisotopic (exact) mass is 423 g/mol. The minimum Gasteiger partial charge on any atom is -0.335 e. The number of nitrogen functional groups attached to an aromatic ring is 1. The zero-order valence-corrected chi connectivity index (χ0v) is 17.1. The zero-order chi connectivity index (χ0) is 20.2. The number of anilines is 1. The van der Waals surface area contributed by atoms with Gasteiger partial charge in [0.2, 0.25) is 16.9 Å². The van der Waals surface area contributed by atoms with Gasteiger partial charge in [-0.25, -0.2) is 9.66 Å². The van der Waals surface area contributed by atoms with Gasteiger partial charge in [-0.3, -0.25) is 9.78 Å². The maximum atomic E-state index is 12.3. The molecule has 3 heterocycles. The first kappa shape index (κ1) is 19.1. The van der Waals surface area contributed by atoms with Gasteiger partial charge in [0.1, 0.15) is 5.69 Å². The summed E-state index contributed by atoms with van der Waals surface area (Å²) in [6.07, 6.45) is 1.66. The van der Waals surface area contributed by atoms with E-state index in [1.54, 1.807) is 12.3 Å². The highest BCUT2D eigenvalue weighted by Crippen LogP contribution is 2.26. The van der Waals surface area contributed by atoms with E-state index in [1.165, 1.54) is 33.3 Å². The second-order valence-corrected chi connectivity index (χ2v) is 7.93. The lowest BCUT2D eigenvalue weighted by Gasteiger charge is -2.03. The third-order valence-corrected chi connectivity index (χ3v) is 5.69. The minimum absolute atomic E-state index is 0.136. The molecule has 0 fully saturated rings. The summed E-state index contributed by atoms with van der Waals surface area (Å²) in [5.41, 5.74) is 3.65. The Hall–Kier alpha value is -3.24. The molecule has 8 nitrogen and oxygen atoms in total. The van der Waals surface area contributed by atoms with Crippen LogP contribution in [0.5, 0.6) is 0 Å². The molecule has 0 aliphatic carbocycles. The molecular formula is C19H17N7OS2. The van der Waals surface area contributed by atoms with Crippen LogP contribution in [0, 0.1) is 6.92 Å². The van der Waals surface area contributed by atoms with Crippen molar-refractivity contribution in [3.05, 3.63) is 59.6 Å². The number of thiazole rings is 1. The Bertz CT molecular complexity index is 1120. The number of hydrogen-bond donors (Lipinski definition) is 2. The third-order valence-electron chi connectivity index (χ3n) is 3.99. The van der Waals surface area contributed by atoms with Gasteiger partial charge in [-0.2, -0.15) is 0 Å². The van der Waals surface area contributed by atoms with E-state index in [1.807, 2.05) is 48.7 Å². The van der Waals surface area contributed by atoms with Crippen LogP contribution < -0.4 is 11.2 Å². The van der Waals surface area contributed by atoms with Crippen LogP contribution in [0.2, 0.25) is 0 Å². The quantitative estimate of drug-likeness (QED) is 0.362. The molecule has 10 heteroatoms. The van der Waals surface area contributed by atoms with Gasteiger partial charge in [-0.1, -0.05) is 47.7 Å². The molecule has 0 unspecified atom stereocenters. The lowest BCUT2D eigenvalue weighted by molar-refractivity contribution is -0.113. The van der Waals surface area contributed by atoms with Gasteiger partial charge < -0.3 is 11.2 Å². The van der Waals surface area contributed by atoms with E-state index in [0.29, 0.717) is 21.8 Å². The van der Waals surface area contributed by atoms with E-state index in [9.17, 15) is 4.79 Å². The van der Waals surface area contributed by atoms with Crippen LogP contribution in [0.4, 0.5) is 5.13 Å². The summed E-state index contributed by atoms with van der Waals surface area (Å²) in [4.78, 5) is 21.0. The van der Waals surface area contributed by atoms with Crippen LogP contribution in [-0.4, -0.2) is 36.5 Å². The standard InChI is InChI=1S/C19H17N7OS2/c1-12-5-7-13(8-6-12)15-10-28-18(22-15)23-16(27)11-29-19-25-24-17(26(19)20)14-4-2-3-9-21-14/h2-10H,11,20H2,1H3,(H,22,23,27). The largest absolute Gasteiger partial charge is 0.335 e. The molecule has 4 aromatic rings. The second kappa shape index (κ2) is 8.41. The molecule has 0 radical (unpaired) electrons. The summed E-state index contributed by atoms with van der Waals surface area (Å²) in [6, 6.07) is 13.5. The molecule has 29 heavy (non-hydrogen) atoms. The van der Waals surface area contributed by atoms with E-state index >= 15 is 0 Å². The summed E-state index contributed by atoms with van der Waals surface area (Å²) in [5, 5.41) is 13.8. The first-order chi connectivity index (χ1) is 14.1. The normalized spacial score (nSPS) is 10.8. The number of carbonyl (C=O) groups is 1. The van der Waals surface area contributed by atoms with Crippen LogP contribution in [0.25, 0.3) is 22.8 Å². The number of amides is 1. The maximum Gasteiger partial charge on any atom is 0.236 e. The van der Waals surface area contributed by atoms with Gasteiger partial charge in [0.25, 0.3) is 0 Å². The van der Waals surface area contributed by atoms with E-state index in [0.717, 1.165) is 11.3 Å². The molecule has 146 valence electrons. The molecule has 0 atom stereocenters. The number of rotatable bonds is 6. The Kier molecular flexibility index (Phi) is 5.54. The molecule has 0 saturated heterocycles. The molecule has 0 bridgehead atoms. The van der Waals surface area contributed by atoms with Gasteiger partial charge >= 0.3 is 0 Å². The fraction of sp³-hybridized carbons (Fsp3) is 0.105. The number of nitrogens with zero attached hydrogens (tertiary/aromatic N) is 5. The molecule has 4 rings (SSSR count). The van der Waals surface area contributed by atoms with Crippen molar-refractivity contribution >= 4 is 34.1 Å². The van der Waals surface area contributed by atoms with Crippen LogP contribution in [0.1, 0.15) is 5.56 Å². The fourth-order valence-electron chi connectivity index (χ4n) is 2.52. The minimum atomic E-state index is -0.192. The predicted molar refractivity (Wildman–Crippen MR) is 115 cm³/mol. The molecule has 0 aliphatic rings. The van der Waals surface area contributed by atoms with Crippen molar-refractivity contribution < 1.29 is 4.79 Å². The van der Waals surface area contributed by atoms with Crippen molar-refractivity contribution in [3.63, 3.8) is 0 Å². The Morgan fingerprint density at radius 1 is 1.17 bits per heavy atom. The highest BCUT2D eigenvalue weighted by molar-refractivity contribution is 7.99. The number of nitrogens with one attached hydrogen (secondary N) is 1. The van der Waals surface area contributed by atoms with Crippen molar-refractivity contribution in [1.82, 2.24) is 24.8 Å². The summed E-state index contributed by atoms with van der Waals surface area (Å²) in [5.74, 6) is 6.43. The Morgan fingerprint density at radius 3 is 2.76 bits per heavy atom. The number of aryl methyl sites for hydroxylation is 1. The molecular weight excluding hydrogens is 406 g/mol. The van der Waals surface area contributed by atoms with Gasteiger partial charge in [0.05, 0.1) is 11.4 Å². The summed E-state index contributed by atoms with van der Waals surface area (Å²) in [6.45, 7) is 2.04. The Morgan fingerprint density at radius 2 is 2.00 bits per heavy atom. The SMILES string of the molecule is Cc1ccc(-c2csc(NC(=O)CSc3nnc(-c4ccccn4)n3N)n2)cc1. The lowest BCUT2D eigenvalue weighted by atomic mass is 10.1. The van der Waals surface area contributed by atoms with Gasteiger partial charge in [0.15, 0.2) is 5.13 Å². The number of carbonyl (C=O) groups excluding carboxylic acids is 1. The molecule has 0 saturated carbocycles. The van der Waals surface area contributed by atoms with E-state index in [4.69, 9.17) is 5.84 Å². The van der Waals surface area contributed by atoms with Crippen LogP contribution in [0.15, 0.2) is 59.2 Å². The first-order valence-electron chi connectivity index (χ1n) is 8.67. The van der Waals surface area contributed by atoms with Gasteiger partial charge in [-0.15, -0.1) is 21.5 Å². The maximum absolute atomic E-state index is 12.3.